The lowest BCUT2D eigenvalue weighted by atomic mass is 10.4. The average molecular weight is 266 g/mol. The van der Waals surface area contributed by atoms with E-state index in [0.29, 0.717) is 5.01 Å². The summed E-state index contributed by atoms with van der Waals surface area (Å²) in [6.45, 7) is 0.230. The molecule has 1 N–H and O–H groups in total. The van der Waals surface area contributed by atoms with Crippen molar-refractivity contribution < 1.29 is 14.6 Å². The molecule has 0 aliphatic heterocycles. The first-order chi connectivity index (χ1) is 8.61. The number of carbonyl (C=O) groups is 1. The van der Waals surface area contributed by atoms with E-state index < -0.39 is 5.97 Å². The van der Waals surface area contributed by atoms with Crippen molar-refractivity contribution in [2.45, 2.75) is 6.54 Å². The molecule has 94 valence electrons. The Morgan fingerprint density at radius 1 is 1.61 bits per heavy atom. The molecule has 2 aromatic rings. The molecule has 0 aliphatic carbocycles. The van der Waals surface area contributed by atoms with Gasteiger partial charge in [0.15, 0.2) is 11.4 Å². The van der Waals surface area contributed by atoms with Crippen LogP contribution in [0.2, 0.25) is 0 Å². The predicted octanol–water partition coefficient (Wildman–Crippen LogP) is 1.06. The summed E-state index contributed by atoms with van der Waals surface area (Å²) in [6.07, 6.45) is 1.60. The summed E-state index contributed by atoms with van der Waals surface area (Å²) in [5, 5.41) is 10.8. The van der Waals surface area contributed by atoms with Crippen LogP contribution in [0.4, 0.5) is 0 Å². The zero-order valence-electron chi connectivity index (χ0n) is 9.49. The number of hydrogen-bond acceptors (Lipinski definition) is 5. The number of methoxy groups -OCH3 is 1. The second-order valence-electron chi connectivity index (χ2n) is 3.44. The van der Waals surface area contributed by atoms with E-state index in [1.807, 2.05) is 0 Å². The van der Waals surface area contributed by atoms with Gasteiger partial charge in [-0.3, -0.25) is 4.79 Å². The van der Waals surface area contributed by atoms with E-state index in [9.17, 15) is 9.59 Å². The molecule has 0 saturated heterocycles. The Hall–Kier alpha value is -2.15. The van der Waals surface area contributed by atoms with E-state index in [4.69, 9.17) is 9.84 Å². The molecule has 0 bridgehead atoms. The molecular formula is C11H10N2O4S. The average Bonchev–Trinajstić information content (AvgIpc) is 2.80. The molecule has 7 heteroatoms. The van der Waals surface area contributed by atoms with Crippen LogP contribution in [-0.2, 0) is 6.54 Å². The molecule has 0 aromatic carbocycles. The van der Waals surface area contributed by atoms with Gasteiger partial charge < -0.3 is 14.4 Å². The molecule has 0 saturated carbocycles. The molecule has 0 amide bonds. The molecular weight excluding hydrogens is 256 g/mol. The number of hydrogen-bond donors (Lipinski definition) is 1. The molecule has 0 spiro atoms. The highest BCUT2D eigenvalue weighted by molar-refractivity contribution is 7.09. The van der Waals surface area contributed by atoms with Crippen molar-refractivity contribution in [2.75, 3.05) is 7.11 Å². The van der Waals surface area contributed by atoms with Gasteiger partial charge in [-0.15, -0.1) is 11.3 Å². The summed E-state index contributed by atoms with van der Waals surface area (Å²) in [5.41, 5.74) is -0.280. The summed E-state index contributed by atoms with van der Waals surface area (Å²) < 4.78 is 6.34. The van der Waals surface area contributed by atoms with Gasteiger partial charge in [-0.05, 0) is 12.1 Å². The predicted molar refractivity (Wildman–Crippen MR) is 65.4 cm³/mol. The van der Waals surface area contributed by atoms with Crippen molar-refractivity contribution in [3.05, 3.63) is 44.8 Å². The maximum atomic E-state index is 11.8. The monoisotopic (exact) mass is 266 g/mol. The first kappa shape index (κ1) is 12.3. The molecule has 2 rings (SSSR count). The van der Waals surface area contributed by atoms with Crippen LogP contribution >= 0.6 is 11.3 Å². The lowest BCUT2D eigenvalue weighted by Gasteiger charge is -2.04. The first-order valence-electron chi connectivity index (χ1n) is 5.03. The van der Waals surface area contributed by atoms with Gasteiger partial charge in [0, 0.05) is 11.6 Å². The normalized spacial score (nSPS) is 10.3. The molecule has 0 fully saturated rings. The SMILES string of the molecule is COc1cccn(Cc2nc(C(=O)O)cs2)c1=O. The van der Waals surface area contributed by atoms with E-state index in [1.54, 1.807) is 18.3 Å². The number of ether oxygens (including phenoxy) is 1. The molecule has 6 nitrogen and oxygen atoms in total. The van der Waals surface area contributed by atoms with E-state index in [2.05, 4.69) is 4.98 Å². The standard InChI is InChI=1S/C11H10N2O4S/c1-17-8-3-2-4-13(10(8)14)5-9-12-7(6-18-9)11(15)16/h2-4,6H,5H2,1H3,(H,15,16). The highest BCUT2D eigenvalue weighted by atomic mass is 32.1. The lowest BCUT2D eigenvalue weighted by molar-refractivity contribution is 0.0691. The minimum absolute atomic E-state index is 0.00838. The van der Waals surface area contributed by atoms with Crippen molar-refractivity contribution in [1.82, 2.24) is 9.55 Å². The largest absolute Gasteiger partial charge is 0.491 e. The Morgan fingerprint density at radius 3 is 3.00 bits per heavy atom. The Bertz CT molecular complexity index is 632. The number of nitrogens with zero attached hydrogens (tertiary/aromatic N) is 2. The molecule has 2 aromatic heterocycles. The molecule has 0 aliphatic rings. The smallest absolute Gasteiger partial charge is 0.355 e. The topological polar surface area (TPSA) is 81.4 Å². The van der Waals surface area contributed by atoms with Crippen molar-refractivity contribution in [2.24, 2.45) is 0 Å². The molecule has 2 heterocycles. The summed E-state index contributed by atoms with van der Waals surface area (Å²) in [5.74, 6) is -0.831. The van der Waals surface area contributed by atoms with E-state index >= 15 is 0 Å². The Kier molecular flexibility index (Phi) is 3.42. The number of aromatic carboxylic acids is 1. The second-order valence-corrected chi connectivity index (χ2v) is 4.38. The van der Waals surface area contributed by atoms with Crippen LogP contribution in [0.3, 0.4) is 0 Å². The maximum absolute atomic E-state index is 11.8. The fourth-order valence-corrected chi connectivity index (χ4v) is 2.19. The van der Waals surface area contributed by atoms with Crippen molar-refractivity contribution in [1.29, 1.82) is 0 Å². The van der Waals surface area contributed by atoms with Crippen LogP contribution in [0.5, 0.6) is 5.75 Å². The third-order valence-electron chi connectivity index (χ3n) is 2.28. The Balaban J connectivity index is 2.28. The highest BCUT2D eigenvalue weighted by Crippen LogP contribution is 2.11. The molecule has 0 unspecified atom stereocenters. The maximum Gasteiger partial charge on any atom is 0.355 e. The number of pyridine rings is 1. The number of aromatic nitrogens is 2. The van der Waals surface area contributed by atoms with Gasteiger partial charge in [0.25, 0.3) is 5.56 Å². The number of carboxylic acid groups (broad SMARTS) is 1. The van der Waals surface area contributed by atoms with Gasteiger partial charge in [0.2, 0.25) is 0 Å². The number of thiazole rings is 1. The Morgan fingerprint density at radius 2 is 2.39 bits per heavy atom. The lowest BCUT2D eigenvalue weighted by Crippen LogP contribution is -2.21. The fraction of sp³-hybridized carbons (Fsp3) is 0.182. The van der Waals surface area contributed by atoms with Crippen LogP contribution in [0.1, 0.15) is 15.5 Å². The zero-order chi connectivity index (χ0) is 13.1. The van der Waals surface area contributed by atoms with Gasteiger partial charge in [0.05, 0.1) is 13.7 Å². The van der Waals surface area contributed by atoms with Crippen molar-refractivity contribution in [3.63, 3.8) is 0 Å². The van der Waals surface area contributed by atoms with Crippen LogP contribution in [0.25, 0.3) is 0 Å². The second kappa shape index (κ2) is 5.01. The minimum atomic E-state index is -1.07. The van der Waals surface area contributed by atoms with E-state index in [0.717, 1.165) is 0 Å². The van der Waals surface area contributed by atoms with Gasteiger partial charge in [0.1, 0.15) is 5.01 Å². The van der Waals surface area contributed by atoms with Crippen LogP contribution in [0.15, 0.2) is 28.5 Å². The summed E-state index contributed by atoms with van der Waals surface area (Å²) in [7, 11) is 1.42. The number of carboxylic acids is 1. The minimum Gasteiger partial charge on any atom is -0.491 e. The summed E-state index contributed by atoms with van der Waals surface area (Å²) in [4.78, 5) is 26.5. The quantitative estimate of drug-likeness (QED) is 0.894. The Labute approximate surface area is 106 Å². The fourth-order valence-electron chi connectivity index (χ4n) is 1.42. The molecule has 0 atom stereocenters. The van der Waals surface area contributed by atoms with Gasteiger partial charge in [-0.25, -0.2) is 9.78 Å². The van der Waals surface area contributed by atoms with Crippen molar-refractivity contribution in [3.8, 4) is 5.75 Å². The van der Waals surface area contributed by atoms with E-state index in [1.165, 1.54) is 28.4 Å². The highest BCUT2D eigenvalue weighted by Gasteiger charge is 2.10. The number of rotatable bonds is 4. The van der Waals surface area contributed by atoms with Crippen LogP contribution in [-0.4, -0.2) is 27.7 Å². The van der Waals surface area contributed by atoms with Gasteiger partial charge in [-0.1, -0.05) is 0 Å². The molecule has 0 radical (unpaired) electrons. The molecule has 18 heavy (non-hydrogen) atoms. The van der Waals surface area contributed by atoms with Gasteiger partial charge >= 0.3 is 5.97 Å². The zero-order valence-corrected chi connectivity index (χ0v) is 10.3. The van der Waals surface area contributed by atoms with Crippen molar-refractivity contribution >= 4 is 17.3 Å². The van der Waals surface area contributed by atoms with Crippen LogP contribution < -0.4 is 10.3 Å². The summed E-state index contributed by atoms with van der Waals surface area (Å²) >= 11 is 1.20. The van der Waals surface area contributed by atoms with Crippen LogP contribution in [0, 0.1) is 0 Å². The third kappa shape index (κ3) is 2.40. The third-order valence-corrected chi connectivity index (χ3v) is 3.12. The first-order valence-corrected chi connectivity index (χ1v) is 5.91. The summed E-state index contributed by atoms with van der Waals surface area (Å²) in [6, 6.07) is 3.26. The van der Waals surface area contributed by atoms with E-state index in [-0.39, 0.29) is 23.5 Å². The van der Waals surface area contributed by atoms with Gasteiger partial charge in [-0.2, -0.15) is 0 Å².